The minimum Gasteiger partial charge on any atom is -0.497 e. The molecule has 104 valence electrons. The summed E-state index contributed by atoms with van der Waals surface area (Å²) in [6.45, 7) is 4.17. The Labute approximate surface area is 120 Å². The van der Waals surface area contributed by atoms with E-state index >= 15 is 0 Å². The molecule has 0 atom stereocenters. The summed E-state index contributed by atoms with van der Waals surface area (Å²) >= 11 is 0. The first-order chi connectivity index (χ1) is 9.58. The van der Waals surface area contributed by atoms with Gasteiger partial charge in [0.05, 0.1) is 7.11 Å². The number of carbonyl (C=O) groups is 1. The van der Waals surface area contributed by atoms with Crippen molar-refractivity contribution in [2.24, 2.45) is 0 Å². The van der Waals surface area contributed by atoms with Crippen LogP contribution in [0.1, 0.15) is 33.5 Å². The number of Topliss-reactive ketones (excluding diaryl/α,β-unsaturated/α-hetero) is 1. The lowest BCUT2D eigenvalue weighted by atomic mass is 10.00. The Kier molecular flexibility index (Phi) is 4.57. The largest absolute Gasteiger partial charge is 0.497 e. The van der Waals surface area contributed by atoms with Gasteiger partial charge in [-0.2, -0.15) is 0 Å². The van der Waals surface area contributed by atoms with Crippen LogP contribution in [0, 0.1) is 13.8 Å². The molecule has 0 heterocycles. The van der Waals surface area contributed by atoms with Gasteiger partial charge in [-0.15, -0.1) is 0 Å². The van der Waals surface area contributed by atoms with Gasteiger partial charge in [0.2, 0.25) is 0 Å². The molecule has 2 heteroatoms. The van der Waals surface area contributed by atoms with Gasteiger partial charge in [-0.05, 0) is 50.1 Å². The van der Waals surface area contributed by atoms with E-state index < -0.39 is 0 Å². The van der Waals surface area contributed by atoms with Crippen molar-refractivity contribution in [1.82, 2.24) is 0 Å². The molecule has 2 rings (SSSR count). The maximum Gasteiger partial charge on any atom is 0.163 e. The maximum absolute atomic E-state index is 12.1. The third-order valence-corrected chi connectivity index (χ3v) is 3.33. The third kappa shape index (κ3) is 3.70. The second-order valence-corrected chi connectivity index (χ2v) is 5.15. The number of ketones is 1. The number of hydrogen-bond acceptors (Lipinski definition) is 2. The fourth-order valence-electron chi connectivity index (χ4n) is 2.39. The van der Waals surface area contributed by atoms with E-state index in [-0.39, 0.29) is 5.78 Å². The van der Waals surface area contributed by atoms with Crippen LogP contribution in [0.5, 0.6) is 5.75 Å². The zero-order valence-corrected chi connectivity index (χ0v) is 12.3. The Hall–Kier alpha value is -2.09. The summed E-state index contributed by atoms with van der Waals surface area (Å²) in [7, 11) is 1.62. The van der Waals surface area contributed by atoms with Crippen molar-refractivity contribution in [2.45, 2.75) is 26.7 Å². The second kappa shape index (κ2) is 6.38. The minimum atomic E-state index is 0.173. The number of ether oxygens (including phenoxy) is 1. The average molecular weight is 268 g/mol. The highest BCUT2D eigenvalue weighted by Gasteiger charge is 2.07. The summed E-state index contributed by atoms with van der Waals surface area (Å²) in [5.41, 5.74) is 4.47. The van der Waals surface area contributed by atoms with Crippen LogP contribution < -0.4 is 4.74 Å². The highest BCUT2D eigenvalue weighted by atomic mass is 16.5. The van der Waals surface area contributed by atoms with Crippen LogP contribution in [-0.2, 0) is 6.42 Å². The molecule has 0 unspecified atom stereocenters. The van der Waals surface area contributed by atoms with Gasteiger partial charge in [-0.3, -0.25) is 4.79 Å². The predicted molar refractivity (Wildman–Crippen MR) is 81.6 cm³/mol. The monoisotopic (exact) mass is 268 g/mol. The molecule has 0 fully saturated rings. The lowest BCUT2D eigenvalue weighted by molar-refractivity contribution is 0.0983. The average Bonchev–Trinajstić information content (AvgIpc) is 2.44. The normalized spacial score (nSPS) is 10.3. The molecule has 2 nitrogen and oxygen atoms in total. The van der Waals surface area contributed by atoms with Crippen LogP contribution in [0.3, 0.4) is 0 Å². The molecule has 0 aliphatic rings. The molecule has 0 amide bonds. The van der Waals surface area contributed by atoms with Gasteiger partial charge >= 0.3 is 0 Å². The second-order valence-electron chi connectivity index (χ2n) is 5.15. The maximum atomic E-state index is 12.1. The number of benzene rings is 2. The van der Waals surface area contributed by atoms with E-state index in [1.807, 2.05) is 24.3 Å². The molecule has 2 aromatic rings. The van der Waals surface area contributed by atoms with Crippen molar-refractivity contribution in [3.63, 3.8) is 0 Å². The smallest absolute Gasteiger partial charge is 0.163 e. The van der Waals surface area contributed by atoms with Crippen LogP contribution in [-0.4, -0.2) is 12.9 Å². The van der Waals surface area contributed by atoms with Gasteiger partial charge in [0, 0.05) is 12.0 Å². The summed E-state index contributed by atoms with van der Waals surface area (Å²) in [6, 6.07) is 13.7. The van der Waals surface area contributed by atoms with E-state index in [0.29, 0.717) is 6.42 Å². The molecular formula is C18H20O2. The predicted octanol–water partition coefficient (Wildman–Crippen LogP) is 4.13. The van der Waals surface area contributed by atoms with Crippen molar-refractivity contribution in [3.05, 3.63) is 64.7 Å². The van der Waals surface area contributed by atoms with Crippen molar-refractivity contribution >= 4 is 5.78 Å². The first-order valence-electron chi connectivity index (χ1n) is 6.83. The van der Waals surface area contributed by atoms with Crippen LogP contribution in [0.2, 0.25) is 0 Å². The molecule has 0 aliphatic carbocycles. The molecule has 0 radical (unpaired) electrons. The third-order valence-electron chi connectivity index (χ3n) is 3.33. The standard InChI is InChI=1S/C18H20O2/c1-13-10-14(2)12-15(11-13)4-9-18(19)16-5-7-17(20-3)8-6-16/h5-8,10-12H,4,9H2,1-3H3. The van der Waals surface area contributed by atoms with Crippen molar-refractivity contribution < 1.29 is 9.53 Å². The van der Waals surface area contributed by atoms with Crippen LogP contribution in [0.4, 0.5) is 0 Å². The number of hydrogen-bond donors (Lipinski definition) is 0. The van der Waals surface area contributed by atoms with Crippen molar-refractivity contribution in [1.29, 1.82) is 0 Å². The molecule has 0 N–H and O–H groups in total. The molecule has 0 aliphatic heterocycles. The number of aryl methyl sites for hydroxylation is 3. The summed E-state index contributed by atoms with van der Waals surface area (Å²) in [6.07, 6.45) is 1.32. The molecule has 0 aromatic heterocycles. The van der Waals surface area contributed by atoms with Crippen molar-refractivity contribution in [3.8, 4) is 5.75 Å². The number of carbonyl (C=O) groups excluding carboxylic acids is 1. The Bertz CT molecular complexity index is 577. The van der Waals surface area contributed by atoms with Crippen LogP contribution >= 0.6 is 0 Å². The summed E-state index contributed by atoms with van der Waals surface area (Å²) in [5.74, 6) is 0.947. The summed E-state index contributed by atoms with van der Waals surface area (Å²) in [5, 5.41) is 0. The molecule has 0 saturated heterocycles. The van der Waals surface area contributed by atoms with Crippen LogP contribution in [0.15, 0.2) is 42.5 Å². The van der Waals surface area contributed by atoms with Gasteiger partial charge in [-0.1, -0.05) is 29.3 Å². The fourth-order valence-corrected chi connectivity index (χ4v) is 2.39. The van der Waals surface area contributed by atoms with Crippen LogP contribution in [0.25, 0.3) is 0 Å². The van der Waals surface area contributed by atoms with E-state index in [1.165, 1.54) is 16.7 Å². The minimum absolute atomic E-state index is 0.173. The van der Waals surface area contributed by atoms with E-state index in [1.54, 1.807) is 7.11 Å². The quantitative estimate of drug-likeness (QED) is 0.762. The van der Waals surface area contributed by atoms with E-state index in [0.717, 1.165) is 17.7 Å². The molecule has 20 heavy (non-hydrogen) atoms. The molecule has 2 aromatic carbocycles. The lowest BCUT2D eigenvalue weighted by Gasteiger charge is -2.06. The molecule has 0 saturated carbocycles. The first-order valence-corrected chi connectivity index (χ1v) is 6.83. The zero-order chi connectivity index (χ0) is 14.5. The van der Waals surface area contributed by atoms with E-state index in [9.17, 15) is 4.79 Å². The Morgan fingerprint density at radius 1 is 1.00 bits per heavy atom. The zero-order valence-electron chi connectivity index (χ0n) is 12.3. The summed E-state index contributed by atoms with van der Waals surface area (Å²) < 4.78 is 5.09. The van der Waals surface area contributed by atoms with Gasteiger partial charge in [-0.25, -0.2) is 0 Å². The van der Waals surface area contributed by atoms with E-state index in [2.05, 4.69) is 32.0 Å². The first kappa shape index (κ1) is 14.3. The van der Waals surface area contributed by atoms with Gasteiger partial charge in [0.25, 0.3) is 0 Å². The molecule has 0 bridgehead atoms. The molecular weight excluding hydrogens is 248 g/mol. The summed E-state index contributed by atoms with van der Waals surface area (Å²) in [4.78, 5) is 12.1. The topological polar surface area (TPSA) is 26.3 Å². The number of methoxy groups -OCH3 is 1. The van der Waals surface area contributed by atoms with E-state index in [4.69, 9.17) is 4.74 Å². The van der Waals surface area contributed by atoms with Crippen molar-refractivity contribution in [2.75, 3.05) is 7.11 Å². The highest BCUT2D eigenvalue weighted by Crippen LogP contribution is 2.15. The highest BCUT2D eigenvalue weighted by molar-refractivity contribution is 5.96. The fraction of sp³-hybridized carbons (Fsp3) is 0.278. The van der Waals surface area contributed by atoms with Gasteiger partial charge in [0.15, 0.2) is 5.78 Å². The Morgan fingerprint density at radius 2 is 1.60 bits per heavy atom. The molecule has 0 spiro atoms. The Balaban J connectivity index is 2.00. The lowest BCUT2D eigenvalue weighted by Crippen LogP contribution is -2.01. The Morgan fingerprint density at radius 3 is 2.15 bits per heavy atom. The SMILES string of the molecule is COc1ccc(C(=O)CCc2cc(C)cc(C)c2)cc1. The van der Waals surface area contributed by atoms with Gasteiger partial charge in [0.1, 0.15) is 5.75 Å². The van der Waals surface area contributed by atoms with Gasteiger partial charge < -0.3 is 4.74 Å². The number of rotatable bonds is 5.